The molecule has 2 aliphatic heterocycles. The van der Waals surface area contributed by atoms with Gasteiger partial charge in [-0.25, -0.2) is 0 Å². The molecular formula is C62H56N2O4+2. The number of hydrogen-bond donors (Lipinski definition) is 2. The van der Waals surface area contributed by atoms with E-state index in [4.69, 9.17) is 9.47 Å². The van der Waals surface area contributed by atoms with Gasteiger partial charge >= 0.3 is 0 Å². The first-order chi connectivity index (χ1) is 33.3. The van der Waals surface area contributed by atoms with Gasteiger partial charge in [-0.2, -0.15) is 0 Å². The summed E-state index contributed by atoms with van der Waals surface area (Å²) in [4.78, 5) is 32.9. The number of allylic oxidation sites excluding steroid dienone is 10. The van der Waals surface area contributed by atoms with E-state index in [0.29, 0.717) is 61.2 Å². The number of quaternary nitrogens is 2. The average molecular weight is 893 g/mol. The molecule has 6 nitrogen and oxygen atoms in total. The van der Waals surface area contributed by atoms with E-state index in [1.807, 2.05) is 0 Å². The summed E-state index contributed by atoms with van der Waals surface area (Å²) in [6.45, 7) is 5.23. The van der Waals surface area contributed by atoms with Gasteiger partial charge in [-0.1, -0.05) is 98.8 Å². The van der Waals surface area contributed by atoms with Crippen molar-refractivity contribution in [3.8, 4) is 11.5 Å². The highest BCUT2D eigenvalue weighted by molar-refractivity contribution is 6.13. The fourth-order valence-electron chi connectivity index (χ4n) is 11.1. The first-order valence-electron chi connectivity index (χ1n) is 24.2. The summed E-state index contributed by atoms with van der Waals surface area (Å²) in [6.07, 6.45) is 11.6. The summed E-state index contributed by atoms with van der Waals surface area (Å²) in [6, 6.07) is 47.0. The molecule has 2 N–H and O–H groups in total. The highest BCUT2D eigenvalue weighted by Crippen LogP contribution is 2.44. The first-order valence-corrected chi connectivity index (χ1v) is 24.2. The molecule has 0 fully saturated rings. The second-order valence-corrected chi connectivity index (χ2v) is 18.6. The molecule has 8 bridgehead atoms. The Morgan fingerprint density at radius 1 is 0.397 bits per heavy atom. The van der Waals surface area contributed by atoms with E-state index < -0.39 is 0 Å². The topological polar surface area (TPSA) is 61.5 Å². The second-order valence-electron chi connectivity index (χ2n) is 18.6. The molecule has 0 amide bonds. The number of nitrogens with one attached hydrogen (secondary N) is 2. The van der Waals surface area contributed by atoms with Crippen LogP contribution in [0, 0.1) is 0 Å². The van der Waals surface area contributed by atoms with Crippen LogP contribution >= 0.6 is 0 Å². The monoisotopic (exact) mass is 892 g/mol. The maximum atomic E-state index is 15.2. The maximum Gasteiger partial charge on any atom is 0.185 e. The van der Waals surface area contributed by atoms with E-state index >= 15 is 9.59 Å². The summed E-state index contributed by atoms with van der Waals surface area (Å²) in [5, 5.41) is 0. The fraction of sp³-hybridized carbons (Fsp3) is 0.194. The highest BCUT2D eigenvalue weighted by atomic mass is 16.5. The van der Waals surface area contributed by atoms with Crippen molar-refractivity contribution >= 4 is 45.5 Å². The number of fused-ring (bicyclic) bond motifs is 12. The molecule has 0 saturated heterocycles. The zero-order valence-electron chi connectivity index (χ0n) is 39.3. The van der Waals surface area contributed by atoms with Crippen molar-refractivity contribution in [2.45, 2.75) is 52.4 Å². The lowest BCUT2D eigenvalue weighted by Gasteiger charge is -2.29. The van der Waals surface area contributed by atoms with E-state index in [0.717, 1.165) is 91.1 Å². The molecule has 0 radical (unpaired) electrons. The lowest BCUT2D eigenvalue weighted by atomic mass is 9.79. The number of ketones is 2. The zero-order chi connectivity index (χ0) is 46.5. The van der Waals surface area contributed by atoms with Gasteiger partial charge in [0.15, 0.2) is 11.6 Å². The fourth-order valence-corrected chi connectivity index (χ4v) is 11.1. The van der Waals surface area contributed by atoms with Crippen LogP contribution in [-0.4, -0.2) is 38.9 Å². The zero-order valence-corrected chi connectivity index (χ0v) is 39.3. The van der Waals surface area contributed by atoms with Crippen molar-refractivity contribution < 1.29 is 28.9 Å². The number of carbonyl (C=O) groups is 2. The van der Waals surface area contributed by atoms with Crippen LogP contribution in [0.5, 0.6) is 11.5 Å². The summed E-state index contributed by atoms with van der Waals surface area (Å²) < 4.78 is 13.5. The van der Waals surface area contributed by atoms with Crippen molar-refractivity contribution in [2.75, 3.05) is 27.3 Å². The number of benzene rings is 6. The Morgan fingerprint density at radius 2 is 0.676 bits per heavy atom. The number of carbonyl (C=O) groups excluding carboxylic acids is 2. The molecule has 6 aromatic rings. The summed E-state index contributed by atoms with van der Waals surface area (Å²) >= 11 is 0. The average Bonchev–Trinajstić information content (AvgIpc) is 3.36. The van der Waals surface area contributed by atoms with Crippen LogP contribution in [0.1, 0.15) is 71.2 Å². The quantitative estimate of drug-likeness (QED) is 0.175. The van der Waals surface area contributed by atoms with E-state index in [-0.39, 0.29) is 11.6 Å². The molecule has 6 aromatic carbocycles. The standard InChI is InChI=1S/C62H54N2O4/c1-5-29-67-61-39-17-15-18-40(61)32-46-36-44(58-51-23-9-13-27-55(51)64(4)56-28-14-10-24-52(56)58)38-48(60(46)66)34-42-20-16-19-41(62(42)68-30-6-2)33-47-37-43(35-45(31-39)59(47)65)57-49-21-7-11-25-53(49)63(3)54-26-12-8-22-50(54)57/h7-28,35-38H,5-6,29-34H2,1-4H3/p+2. The Hall–Kier alpha value is -7.38. The third kappa shape index (κ3) is 7.54. The Balaban J connectivity index is 1.15. The molecule has 68 heavy (non-hydrogen) atoms. The van der Waals surface area contributed by atoms with Crippen LogP contribution in [0.25, 0.3) is 11.1 Å². The third-order valence-corrected chi connectivity index (χ3v) is 14.2. The summed E-state index contributed by atoms with van der Waals surface area (Å²) in [5.41, 5.74) is 20.2. The molecule has 336 valence electrons. The molecule has 5 aliphatic rings. The van der Waals surface area contributed by atoms with Gasteiger partial charge in [0.1, 0.15) is 34.2 Å². The van der Waals surface area contributed by atoms with E-state index in [9.17, 15) is 0 Å². The molecular weight excluding hydrogens is 837 g/mol. The second kappa shape index (κ2) is 18.0. The minimum Gasteiger partial charge on any atom is -0.493 e. The molecule has 0 aromatic heterocycles. The van der Waals surface area contributed by atoms with E-state index in [1.54, 1.807) is 0 Å². The van der Waals surface area contributed by atoms with Crippen molar-refractivity contribution in [3.63, 3.8) is 0 Å². The van der Waals surface area contributed by atoms with Crippen LogP contribution in [0.4, 0.5) is 22.7 Å². The molecule has 0 saturated carbocycles. The third-order valence-electron chi connectivity index (χ3n) is 14.2. The number of para-hydroxylation sites is 6. The number of Topliss-reactive ketones (excluding diaryl/α,β-unsaturated/α-hetero) is 2. The summed E-state index contributed by atoms with van der Waals surface area (Å²) in [7, 11) is 4.41. The van der Waals surface area contributed by atoms with Gasteiger partial charge < -0.3 is 9.47 Å². The number of hydrogen-bond acceptors (Lipinski definition) is 4. The van der Waals surface area contributed by atoms with Gasteiger partial charge in [0, 0.05) is 106 Å². The molecule has 0 atom stereocenters. The van der Waals surface area contributed by atoms with Crippen LogP contribution in [0.15, 0.2) is 191 Å². The Bertz CT molecular complexity index is 2870. The molecule has 2 heterocycles. The Labute approximate surface area is 399 Å². The molecule has 11 rings (SSSR count). The molecule has 0 unspecified atom stereocenters. The van der Waals surface area contributed by atoms with Gasteiger partial charge in [-0.3, -0.25) is 19.4 Å². The van der Waals surface area contributed by atoms with Crippen LogP contribution < -0.4 is 19.3 Å². The molecule has 0 spiro atoms. The van der Waals surface area contributed by atoms with Crippen molar-refractivity contribution in [1.82, 2.24) is 0 Å². The van der Waals surface area contributed by atoms with Gasteiger partial charge in [0.2, 0.25) is 0 Å². The van der Waals surface area contributed by atoms with E-state index in [1.165, 1.54) is 32.5 Å². The first kappa shape index (κ1) is 43.2. The number of rotatable bonds is 6. The van der Waals surface area contributed by atoms with Gasteiger partial charge in [0.25, 0.3) is 0 Å². The van der Waals surface area contributed by atoms with Crippen LogP contribution in [-0.2, 0) is 35.3 Å². The lowest BCUT2D eigenvalue weighted by molar-refractivity contribution is -0.736. The summed E-state index contributed by atoms with van der Waals surface area (Å²) in [5.74, 6) is 1.54. The predicted molar refractivity (Wildman–Crippen MR) is 272 cm³/mol. The van der Waals surface area contributed by atoms with Gasteiger partial charge in [-0.05, 0) is 94.8 Å². The molecule has 6 heteroatoms. The lowest BCUT2D eigenvalue weighted by Crippen LogP contribution is -2.99. The number of ether oxygens (including phenoxy) is 2. The minimum atomic E-state index is 0.0227. The predicted octanol–water partition coefficient (Wildman–Crippen LogP) is 10.6. The van der Waals surface area contributed by atoms with E-state index in [2.05, 4.69) is 186 Å². The highest BCUT2D eigenvalue weighted by Gasteiger charge is 2.35. The van der Waals surface area contributed by atoms with Crippen molar-refractivity contribution in [1.29, 1.82) is 0 Å². The maximum absolute atomic E-state index is 15.2. The van der Waals surface area contributed by atoms with Crippen LogP contribution in [0.3, 0.4) is 0 Å². The minimum absolute atomic E-state index is 0.0227. The van der Waals surface area contributed by atoms with Crippen molar-refractivity contribution in [3.05, 3.63) is 236 Å². The normalized spacial score (nSPS) is 18.3. The van der Waals surface area contributed by atoms with Crippen molar-refractivity contribution in [2.24, 2.45) is 0 Å². The SMILES string of the molecule is CCCOc1c2cccc1CC1=CC(=C3c4ccccc4[NH+](C)c4ccccc43)C=C(Cc3cccc(c3OCCC)CC3=CC(=C4c5ccccc5[NH+](C)c5ccccc54)C=C(C2)C3=O)C1=O. The Kier molecular flexibility index (Phi) is 11.5. The molecule has 3 aliphatic carbocycles. The smallest absolute Gasteiger partial charge is 0.185 e. The largest absolute Gasteiger partial charge is 0.493 e. The van der Waals surface area contributed by atoms with Gasteiger partial charge in [-0.15, -0.1) is 0 Å². The van der Waals surface area contributed by atoms with Crippen LogP contribution in [0.2, 0.25) is 0 Å². The Morgan fingerprint density at radius 3 is 0.956 bits per heavy atom. The van der Waals surface area contributed by atoms with Gasteiger partial charge in [0.05, 0.1) is 27.3 Å².